The van der Waals surface area contributed by atoms with E-state index in [0.29, 0.717) is 34.4 Å². The molecular weight excluding hydrogens is 619 g/mol. The van der Waals surface area contributed by atoms with Gasteiger partial charge in [-0.2, -0.15) is 0 Å². The van der Waals surface area contributed by atoms with E-state index in [1.165, 1.54) is 0 Å². The second-order valence-electron chi connectivity index (χ2n) is 9.83. The average Bonchev–Trinajstić information content (AvgIpc) is 3.10. The van der Waals surface area contributed by atoms with Crippen molar-refractivity contribution in [3.05, 3.63) is 132 Å². The van der Waals surface area contributed by atoms with Crippen LogP contribution in [0, 0.1) is 0 Å². The summed E-state index contributed by atoms with van der Waals surface area (Å²) in [6.07, 6.45) is 3.62. The van der Waals surface area contributed by atoms with Crippen LogP contribution >= 0.6 is 0 Å². The van der Waals surface area contributed by atoms with E-state index >= 15 is 0 Å². The Kier molecular flexibility index (Phi) is 5.67. The van der Waals surface area contributed by atoms with Gasteiger partial charge >= 0.3 is 243 Å². The molecule has 8 rings (SSSR count). The van der Waals surface area contributed by atoms with Crippen LogP contribution in [0.5, 0.6) is 23.0 Å². The van der Waals surface area contributed by atoms with E-state index in [1.807, 2.05) is 97.4 Å². The normalized spacial score (nSPS) is 17.0. The number of rotatable bonds is 0. The Morgan fingerprint density at radius 2 is 0.756 bits per heavy atom. The van der Waals surface area contributed by atoms with Crippen molar-refractivity contribution in [2.45, 2.75) is 0 Å². The van der Waals surface area contributed by atoms with E-state index in [1.54, 1.807) is 0 Å². The van der Waals surface area contributed by atoms with Crippen molar-refractivity contribution in [1.82, 2.24) is 0 Å². The molecule has 0 atom stereocenters. The van der Waals surface area contributed by atoms with E-state index in [9.17, 15) is 0 Å². The maximum atomic E-state index is 6.92. The van der Waals surface area contributed by atoms with E-state index in [0.717, 1.165) is 32.7 Å². The summed E-state index contributed by atoms with van der Waals surface area (Å²) in [6.45, 7) is 0. The fourth-order valence-corrected chi connectivity index (χ4v) is 10.9. The summed E-state index contributed by atoms with van der Waals surface area (Å²) in [5.74, 6) is 2.21. The van der Waals surface area contributed by atoms with Gasteiger partial charge in [0.1, 0.15) is 0 Å². The average molecular weight is 641 g/mol. The topological polar surface area (TPSA) is 61.6 Å². The first kappa shape index (κ1) is 24.0. The minimum absolute atomic E-state index is 0.525. The zero-order valence-electron chi connectivity index (χ0n) is 21.7. The Labute approximate surface area is 242 Å². The Balaban J connectivity index is 1.40. The molecule has 0 aromatic heterocycles. The molecule has 2 aliphatic heterocycles. The van der Waals surface area contributed by atoms with Gasteiger partial charge in [0.2, 0.25) is 0 Å². The van der Waals surface area contributed by atoms with Crippen LogP contribution < -0.4 is 12.3 Å². The monoisotopic (exact) mass is 642 g/mol. The molecule has 0 unspecified atom stereocenters. The van der Waals surface area contributed by atoms with E-state index in [4.69, 9.17) is 22.3 Å². The summed E-state index contributed by atoms with van der Waals surface area (Å²) in [5.41, 5.74) is 2.91. The van der Waals surface area contributed by atoms with E-state index < -0.39 is 20.0 Å². The van der Waals surface area contributed by atoms with Crippen LogP contribution in [0.15, 0.2) is 131 Å². The van der Waals surface area contributed by atoms with Crippen LogP contribution in [-0.4, -0.2) is 32.5 Å². The predicted molar refractivity (Wildman–Crippen MR) is 164 cm³/mol. The Bertz CT molecular complexity index is 1890. The first-order valence-corrected chi connectivity index (χ1v) is 18.0. The molecule has 41 heavy (non-hydrogen) atoms. The zero-order valence-corrected chi connectivity index (χ0v) is 24.6. The van der Waals surface area contributed by atoms with Crippen molar-refractivity contribution >= 4 is 65.4 Å². The molecular formula is C34H22N2O4Sn. The van der Waals surface area contributed by atoms with E-state index in [2.05, 4.69) is 36.4 Å². The second-order valence-corrected chi connectivity index (χ2v) is 15.0. The minimum atomic E-state index is -5.19. The molecule has 6 aromatic rings. The van der Waals surface area contributed by atoms with Crippen LogP contribution in [0.25, 0.3) is 21.5 Å². The molecule has 0 amide bonds. The first-order valence-electron chi connectivity index (χ1n) is 13.3. The SMILES string of the molecule is C1=Nc2ccccc2[O][Sn]2([O]c3cc4ccccc4cc31)[O]c1cc3ccccc3cc1C=Nc1ccccc1[O]2. The Hall–Kier alpha value is -4.82. The molecule has 1 spiro atoms. The summed E-state index contributed by atoms with van der Waals surface area (Å²) in [4.78, 5) is 9.58. The number of hydrogen-bond donors (Lipinski definition) is 0. The second kappa shape index (κ2) is 9.67. The molecule has 0 saturated carbocycles. The quantitative estimate of drug-likeness (QED) is 0.157. The predicted octanol–water partition coefficient (Wildman–Crippen LogP) is 8.17. The summed E-state index contributed by atoms with van der Waals surface area (Å²) in [5, 5.41) is 4.20. The fraction of sp³-hybridized carbons (Fsp3) is 0. The third-order valence-corrected chi connectivity index (χ3v) is 12.5. The summed E-state index contributed by atoms with van der Waals surface area (Å²) in [6, 6.07) is 39.6. The van der Waals surface area contributed by atoms with Gasteiger partial charge in [0, 0.05) is 0 Å². The number of nitrogens with zero attached hydrogens (tertiary/aromatic N) is 2. The molecule has 0 N–H and O–H groups in total. The van der Waals surface area contributed by atoms with Gasteiger partial charge in [-0.05, 0) is 0 Å². The molecule has 0 bridgehead atoms. The van der Waals surface area contributed by atoms with Gasteiger partial charge in [0.25, 0.3) is 0 Å². The van der Waals surface area contributed by atoms with Crippen molar-refractivity contribution < 1.29 is 12.3 Å². The molecule has 196 valence electrons. The van der Waals surface area contributed by atoms with Crippen LogP contribution in [0.2, 0.25) is 0 Å². The number of para-hydroxylation sites is 4. The van der Waals surface area contributed by atoms with Gasteiger partial charge in [-0.1, -0.05) is 0 Å². The van der Waals surface area contributed by atoms with Crippen molar-refractivity contribution in [2.75, 3.05) is 0 Å². The molecule has 0 fully saturated rings. The standard InChI is InChI=1S/2C17H13NO2.Sn/c2*19-16-8-4-3-7-15(16)18-11-14-9-12-5-1-2-6-13(12)10-17(14)20;/h2*1-11,19-20H;/q;;+4/p-4. The summed E-state index contributed by atoms with van der Waals surface area (Å²) < 4.78 is 27.5. The van der Waals surface area contributed by atoms with Crippen molar-refractivity contribution in [3.8, 4) is 23.0 Å². The van der Waals surface area contributed by atoms with Gasteiger partial charge in [-0.15, -0.1) is 0 Å². The van der Waals surface area contributed by atoms with Gasteiger partial charge < -0.3 is 0 Å². The summed E-state index contributed by atoms with van der Waals surface area (Å²) in [7, 11) is 0. The van der Waals surface area contributed by atoms with Gasteiger partial charge in [0.05, 0.1) is 0 Å². The van der Waals surface area contributed by atoms with Crippen LogP contribution in [0.4, 0.5) is 11.4 Å². The van der Waals surface area contributed by atoms with Gasteiger partial charge in [-0.3, -0.25) is 0 Å². The van der Waals surface area contributed by atoms with Crippen molar-refractivity contribution in [3.63, 3.8) is 0 Å². The molecule has 6 nitrogen and oxygen atoms in total. The number of fused-ring (bicyclic) bond motifs is 6. The molecule has 0 radical (unpaired) electrons. The van der Waals surface area contributed by atoms with Crippen molar-refractivity contribution in [2.24, 2.45) is 9.98 Å². The molecule has 0 saturated heterocycles. The van der Waals surface area contributed by atoms with Crippen LogP contribution in [-0.2, 0) is 0 Å². The number of benzene rings is 6. The first-order chi connectivity index (χ1) is 20.2. The van der Waals surface area contributed by atoms with E-state index in [-0.39, 0.29) is 0 Å². The molecule has 0 aliphatic carbocycles. The Morgan fingerprint density at radius 1 is 0.390 bits per heavy atom. The molecule has 7 heteroatoms. The molecule has 2 aliphatic rings. The number of hydrogen-bond acceptors (Lipinski definition) is 6. The maximum absolute atomic E-state index is 6.92. The van der Waals surface area contributed by atoms with Gasteiger partial charge in [0.15, 0.2) is 0 Å². The Morgan fingerprint density at radius 3 is 1.22 bits per heavy atom. The zero-order chi connectivity index (χ0) is 27.2. The van der Waals surface area contributed by atoms with Crippen LogP contribution in [0.3, 0.4) is 0 Å². The summed E-state index contributed by atoms with van der Waals surface area (Å²) >= 11 is -5.19. The molecule has 2 heterocycles. The van der Waals surface area contributed by atoms with Gasteiger partial charge in [-0.25, -0.2) is 0 Å². The molecule has 6 aromatic carbocycles. The van der Waals surface area contributed by atoms with Crippen molar-refractivity contribution in [1.29, 1.82) is 0 Å². The fourth-order valence-electron chi connectivity index (χ4n) is 5.09. The number of aliphatic imine (C=N–C) groups is 2. The third kappa shape index (κ3) is 4.46. The van der Waals surface area contributed by atoms with Crippen LogP contribution in [0.1, 0.15) is 11.1 Å². The third-order valence-electron chi connectivity index (χ3n) is 7.11.